The Labute approximate surface area is 132 Å². The van der Waals surface area contributed by atoms with Crippen molar-refractivity contribution < 1.29 is 9.90 Å². The second-order valence-corrected chi connectivity index (χ2v) is 6.47. The number of piperazine rings is 1. The van der Waals surface area contributed by atoms with E-state index in [0.29, 0.717) is 12.0 Å². The van der Waals surface area contributed by atoms with Crippen LogP contribution in [0.4, 0.5) is 0 Å². The topological polar surface area (TPSA) is 56.7 Å². The Morgan fingerprint density at radius 2 is 2.05 bits per heavy atom. The van der Waals surface area contributed by atoms with Crippen LogP contribution in [0.25, 0.3) is 0 Å². The third kappa shape index (κ3) is 4.05. The lowest BCUT2D eigenvalue weighted by molar-refractivity contribution is -0.145. The fraction of sp³-hybridized carbons (Fsp3) is 0.647. The van der Waals surface area contributed by atoms with Crippen molar-refractivity contribution >= 4 is 5.97 Å². The molecule has 0 radical (unpaired) electrons. The van der Waals surface area contributed by atoms with Gasteiger partial charge in [0, 0.05) is 44.6 Å². The first kappa shape index (κ1) is 16.9. The Balaban J connectivity index is 2.13. The lowest BCUT2D eigenvalue weighted by Crippen LogP contribution is -2.55. The summed E-state index contributed by atoms with van der Waals surface area (Å²) in [6.07, 6.45) is 4.38. The van der Waals surface area contributed by atoms with Crippen LogP contribution in [0.1, 0.15) is 38.8 Å². The van der Waals surface area contributed by atoms with E-state index in [0.717, 1.165) is 38.2 Å². The van der Waals surface area contributed by atoms with Gasteiger partial charge in [-0.25, -0.2) is 0 Å². The second-order valence-electron chi connectivity index (χ2n) is 6.47. The first-order chi connectivity index (χ1) is 10.5. The molecule has 2 atom stereocenters. The zero-order valence-electron chi connectivity index (χ0n) is 13.8. The van der Waals surface area contributed by atoms with Crippen LogP contribution in [-0.2, 0) is 4.79 Å². The van der Waals surface area contributed by atoms with Gasteiger partial charge < -0.3 is 5.11 Å². The highest BCUT2D eigenvalue weighted by molar-refractivity contribution is 5.75. The predicted octanol–water partition coefficient (Wildman–Crippen LogP) is 2.26. The van der Waals surface area contributed by atoms with Gasteiger partial charge in [0.05, 0.1) is 0 Å². The molecule has 0 aromatic carbocycles. The van der Waals surface area contributed by atoms with Crippen molar-refractivity contribution in [2.45, 2.75) is 39.3 Å². The fourth-order valence-corrected chi connectivity index (χ4v) is 3.30. The molecule has 0 saturated carbocycles. The Morgan fingerprint density at radius 3 is 2.59 bits per heavy atom. The molecule has 1 saturated heterocycles. The predicted molar refractivity (Wildman–Crippen MR) is 86.7 cm³/mol. The van der Waals surface area contributed by atoms with Crippen molar-refractivity contribution in [3.8, 4) is 0 Å². The number of carbonyl (C=O) groups is 1. The molecule has 22 heavy (non-hydrogen) atoms. The van der Waals surface area contributed by atoms with E-state index in [4.69, 9.17) is 0 Å². The van der Waals surface area contributed by atoms with E-state index in [9.17, 15) is 9.90 Å². The summed E-state index contributed by atoms with van der Waals surface area (Å²) >= 11 is 0. The number of pyridine rings is 1. The van der Waals surface area contributed by atoms with Crippen molar-refractivity contribution in [1.82, 2.24) is 14.8 Å². The van der Waals surface area contributed by atoms with Crippen LogP contribution in [0.15, 0.2) is 24.5 Å². The fourth-order valence-electron chi connectivity index (χ4n) is 3.30. The number of hydrogen-bond donors (Lipinski definition) is 1. The lowest BCUT2D eigenvalue weighted by Gasteiger charge is -2.44. The maximum atomic E-state index is 11.8. The maximum absolute atomic E-state index is 11.8. The van der Waals surface area contributed by atoms with Gasteiger partial charge in [0.25, 0.3) is 0 Å². The maximum Gasteiger partial charge on any atom is 0.325 e. The molecule has 2 rings (SSSR count). The molecule has 1 N–H and O–H groups in total. The Morgan fingerprint density at radius 1 is 1.36 bits per heavy atom. The molecular weight excluding hydrogens is 278 g/mol. The third-order valence-electron chi connectivity index (χ3n) is 4.33. The van der Waals surface area contributed by atoms with E-state index in [1.54, 1.807) is 24.5 Å². The van der Waals surface area contributed by atoms with Crippen LogP contribution < -0.4 is 0 Å². The quantitative estimate of drug-likeness (QED) is 0.873. The van der Waals surface area contributed by atoms with E-state index in [1.807, 2.05) is 0 Å². The molecule has 5 nitrogen and oxygen atoms in total. The zero-order valence-corrected chi connectivity index (χ0v) is 13.8. The van der Waals surface area contributed by atoms with Crippen LogP contribution in [0.5, 0.6) is 0 Å². The summed E-state index contributed by atoms with van der Waals surface area (Å²) in [4.78, 5) is 20.4. The molecule has 0 spiro atoms. The standard InChI is InChI=1S/C17H27N3O2/c1-4-15-12-20(10-9-19(15)11-13(2)3)16(17(21)22)14-5-7-18-8-6-14/h5-8,13,15-16H,4,9-12H2,1-3H3,(H,21,22). The minimum absolute atomic E-state index is 0.430. The summed E-state index contributed by atoms with van der Waals surface area (Å²) in [7, 11) is 0. The van der Waals surface area contributed by atoms with Crippen LogP contribution in [0, 0.1) is 5.92 Å². The number of aliphatic carboxylic acids is 1. The van der Waals surface area contributed by atoms with Gasteiger partial charge in [-0.15, -0.1) is 0 Å². The lowest BCUT2D eigenvalue weighted by atomic mass is 10.0. The first-order valence-electron chi connectivity index (χ1n) is 8.13. The molecule has 0 aliphatic carbocycles. The van der Waals surface area contributed by atoms with Gasteiger partial charge in [-0.3, -0.25) is 19.6 Å². The normalized spacial score (nSPS) is 21.9. The van der Waals surface area contributed by atoms with Crippen LogP contribution in [-0.4, -0.2) is 58.1 Å². The minimum atomic E-state index is -0.779. The van der Waals surface area contributed by atoms with E-state index < -0.39 is 12.0 Å². The molecule has 122 valence electrons. The molecule has 2 unspecified atom stereocenters. The van der Waals surface area contributed by atoms with E-state index in [1.165, 1.54) is 0 Å². The molecule has 1 aromatic heterocycles. The summed E-state index contributed by atoms with van der Waals surface area (Å²) < 4.78 is 0. The van der Waals surface area contributed by atoms with Gasteiger partial charge in [-0.1, -0.05) is 20.8 Å². The number of rotatable bonds is 6. The molecule has 1 aromatic rings. The molecule has 0 bridgehead atoms. The molecule has 1 aliphatic heterocycles. The summed E-state index contributed by atoms with van der Waals surface area (Å²) in [5.41, 5.74) is 0.815. The van der Waals surface area contributed by atoms with Crippen LogP contribution in [0.3, 0.4) is 0 Å². The van der Waals surface area contributed by atoms with Crippen molar-refractivity contribution in [2.75, 3.05) is 26.2 Å². The van der Waals surface area contributed by atoms with Gasteiger partial charge in [-0.05, 0) is 30.0 Å². The van der Waals surface area contributed by atoms with Gasteiger partial charge in [-0.2, -0.15) is 0 Å². The third-order valence-corrected chi connectivity index (χ3v) is 4.33. The summed E-state index contributed by atoms with van der Waals surface area (Å²) in [5, 5.41) is 9.67. The number of aromatic nitrogens is 1. The van der Waals surface area contributed by atoms with Crippen molar-refractivity contribution in [1.29, 1.82) is 0 Å². The molecule has 5 heteroatoms. The molecule has 0 amide bonds. The van der Waals surface area contributed by atoms with E-state index >= 15 is 0 Å². The molecule has 1 fully saturated rings. The van der Waals surface area contributed by atoms with Gasteiger partial charge in [0.15, 0.2) is 0 Å². The zero-order chi connectivity index (χ0) is 16.1. The molecular formula is C17H27N3O2. The van der Waals surface area contributed by atoms with Gasteiger partial charge >= 0.3 is 5.97 Å². The van der Waals surface area contributed by atoms with E-state index in [2.05, 4.69) is 35.6 Å². The second kappa shape index (κ2) is 7.70. The van der Waals surface area contributed by atoms with Crippen molar-refractivity contribution in [3.63, 3.8) is 0 Å². The minimum Gasteiger partial charge on any atom is -0.480 e. The Bertz CT molecular complexity index is 478. The van der Waals surface area contributed by atoms with Crippen LogP contribution in [0.2, 0.25) is 0 Å². The summed E-state index contributed by atoms with van der Waals surface area (Å²) in [6, 6.07) is 3.47. The highest BCUT2D eigenvalue weighted by Crippen LogP contribution is 2.25. The average molecular weight is 305 g/mol. The highest BCUT2D eigenvalue weighted by Gasteiger charge is 2.34. The van der Waals surface area contributed by atoms with E-state index in [-0.39, 0.29) is 0 Å². The monoisotopic (exact) mass is 305 g/mol. The highest BCUT2D eigenvalue weighted by atomic mass is 16.4. The van der Waals surface area contributed by atoms with Gasteiger partial charge in [0.1, 0.15) is 6.04 Å². The Kier molecular flexibility index (Phi) is 5.91. The first-order valence-corrected chi connectivity index (χ1v) is 8.13. The number of hydrogen-bond acceptors (Lipinski definition) is 4. The molecule has 1 aliphatic rings. The number of carboxylic acid groups (broad SMARTS) is 1. The smallest absolute Gasteiger partial charge is 0.325 e. The van der Waals surface area contributed by atoms with Gasteiger partial charge in [0.2, 0.25) is 0 Å². The molecule has 2 heterocycles. The summed E-state index contributed by atoms with van der Waals surface area (Å²) in [6.45, 7) is 10.3. The van der Waals surface area contributed by atoms with Crippen molar-refractivity contribution in [2.24, 2.45) is 5.92 Å². The largest absolute Gasteiger partial charge is 0.480 e. The van der Waals surface area contributed by atoms with Crippen molar-refractivity contribution in [3.05, 3.63) is 30.1 Å². The SMILES string of the molecule is CCC1CN(C(C(=O)O)c2ccncc2)CCN1CC(C)C. The number of carboxylic acids is 1. The average Bonchev–Trinajstić information content (AvgIpc) is 2.49. The van der Waals surface area contributed by atoms with Crippen LogP contribution >= 0.6 is 0 Å². The Hall–Kier alpha value is -1.46. The number of nitrogens with zero attached hydrogens (tertiary/aromatic N) is 3. The summed E-state index contributed by atoms with van der Waals surface area (Å²) in [5.74, 6) is -0.144.